The molecule has 10 nitrogen and oxygen atoms in total. The minimum atomic E-state index is -1.17. The van der Waals surface area contributed by atoms with E-state index in [1.807, 2.05) is 37.5 Å². The van der Waals surface area contributed by atoms with Crippen LogP contribution < -0.4 is 16.0 Å². The Labute approximate surface area is 334 Å². The van der Waals surface area contributed by atoms with E-state index in [2.05, 4.69) is 35.4 Å². The number of nitrogens with zero attached hydrogens (tertiary/aromatic N) is 2. The molecular weight excluding hydrogens is 705 g/mol. The summed E-state index contributed by atoms with van der Waals surface area (Å²) in [6.45, 7) is 2.64. The van der Waals surface area contributed by atoms with Crippen molar-refractivity contribution >= 4 is 11.8 Å². The molecule has 2 aliphatic rings. The lowest BCUT2D eigenvalue weighted by atomic mass is 9.73. The van der Waals surface area contributed by atoms with Gasteiger partial charge in [-0.3, -0.25) is 4.79 Å². The number of aliphatic hydroxyl groups excluding tert-OH is 2. The second-order valence-corrected chi connectivity index (χ2v) is 17.1. The summed E-state index contributed by atoms with van der Waals surface area (Å²) < 4.78 is 0. The Hall–Kier alpha value is -3.70. The van der Waals surface area contributed by atoms with Crippen molar-refractivity contribution in [3.63, 3.8) is 0 Å². The van der Waals surface area contributed by atoms with Crippen LogP contribution in [0.3, 0.4) is 0 Å². The number of carboxylic acid groups (broad SMARTS) is 1. The van der Waals surface area contributed by atoms with E-state index in [1.54, 1.807) is 18.3 Å². The number of carbonyl (C=O) groups is 1. The van der Waals surface area contributed by atoms with Gasteiger partial charge in [-0.15, -0.1) is 0 Å². The van der Waals surface area contributed by atoms with Gasteiger partial charge in [-0.05, 0) is 124 Å². The van der Waals surface area contributed by atoms with Crippen LogP contribution in [-0.4, -0.2) is 67.9 Å². The minimum absolute atomic E-state index is 0.148. The van der Waals surface area contributed by atoms with Gasteiger partial charge < -0.3 is 41.6 Å². The molecule has 0 unspecified atom stereocenters. The Kier molecular flexibility index (Phi) is 16.4. The maximum absolute atomic E-state index is 12.8. The number of aromatic nitrogens is 2. The highest BCUT2D eigenvalue weighted by Gasteiger charge is 2.51. The number of aromatic hydroxyl groups is 1. The van der Waals surface area contributed by atoms with Gasteiger partial charge in [0.1, 0.15) is 11.6 Å². The maximum atomic E-state index is 12.8. The number of unbranched alkanes of at least 4 members (excludes halogenated alkanes) is 4. The molecule has 10 heteroatoms. The Morgan fingerprint density at radius 2 is 1.79 bits per heavy atom. The number of rotatable bonds is 23. The van der Waals surface area contributed by atoms with Crippen LogP contribution in [-0.2, 0) is 24.1 Å². The third-order valence-corrected chi connectivity index (χ3v) is 12.7. The second kappa shape index (κ2) is 21.2. The largest absolute Gasteiger partial charge is 0.667 e. The molecule has 0 radical (unpaired) electrons. The molecule has 0 aliphatic heterocycles. The fourth-order valence-corrected chi connectivity index (χ4v) is 9.67. The van der Waals surface area contributed by atoms with Crippen molar-refractivity contribution in [2.45, 2.75) is 127 Å². The fourth-order valence-electron chi connectivity index (χ4n) is 9.67. The van der Waals surface area contributed by atoms with Crippen LogP contribution in [0.25, 0.3) is 0 Å². The van der Waals surface area contributed by atoms with Gasteiger partial charge >= 0.3 is 5.97 Å². The molecule has 2 aliphatic carbocycles. The van der Waals surface area contributed by atoms with Crippen molar-refractivity contribution in [1.82, 2.24) is 15.3 Å². The van der Waals surface area contributed by atoms with Crippen molar-refractivity contribution in [2.75, 3.05) is 19.3 Å². The third kappa shape index (κ3) is 12.4. The average molecular weight is 772 g/mol. The first-order valence-corrected chi connectivity index (χ1v) is 21.2. The number of hydrogen-bond donors (Lipinski definition) is 7. The fraction of sp³-hybridized carbons (Fsp3) is 0.609. The lowest BCUT2D eigenvalue weighted by molar-refractivity contribution is -0.148. The molecule has 1 fully saturated rings. The van der Waals surface area contributed by atoms with E-state index in [0.717, 1.165) is 67.3 Å². The highest BCUT2D eigenvalue weighted by Crippen LogP contribution is 2.48. The summed E-state index contributed by atoms with van der Waals surface area (Å²) in [7, 11) is 1.83. The standard InChI is InChI=1S/C46H67N4O6/c1-3-4-6-9-31-12-15-36(42(52)24-31)10-7-5-8-11-41(45(54)55)43(53)27-38(30-48-2)46(56)28-34(21-33-18-19-49-44(47)25-33)22-37(46)26-39-23-35(29-50-39)20-32-13-16-40(51)17-14-32/h12-19,23,25,29,31,34,36-38,41-43,48,51-53,56H,3-11,20-22,24,26-28,30H2,1-2H3,(H2,47,49)(H,54,55)/q-1/t31-,34-,36-,37+,38+,41+,42-,43-,46+/m1/s1. The number of aliphatic carboxylic acids is 1. The number of aliphatic hydroxyl groups is 3. The molecule has 0 amide bonds. The average Bonchev–Trinajstić information content (AvgIpc) is 3.73. The minimum Gasteiger partial charge on any atom is -0.667 e. The van der Waals surface area contributed by atoms with E-state index in [-0.39, 0.29) is 36.0 Å². The summed E-state index contributed by atoms with van der Waals surface area (Å²) in [5.41, 5.74) is 8.92. The molecular formula is C46H67N4O6-. The molecule has 2 aromatic heterocycles. The Morgan fingerprint density at radius 3 is 2.50 bits per heavy atom. The third-order valence-electron chi connectivity index (χ3n) is 12.7. The van der Waals surface area contributed by atoms with Gasteiger partial charge in [-0.25, -0.2) is 4.98 Å². The zero-order valence-electron chi connectivity index (χ0n) is 33.6. The number of allylic oxidation sites excluding steroid dienone is 1. The zero-order valence-corrected chi connectivity index (χ0v) is 33.6. The summed E-state index contributed by atoms with van der Waals surface area (Å²) in [4.78, 5) is 21.5. The highest BCUT2D eigenvalue weighted by molar-refractivity contribution is 5.70. The first-order chi connectivity index (χ1) is 27.0. The zero-order chi connectivity index (χ0) is 40.1. The number of nitrogens with two attached hydrogens (primary N) is 1. The Morgan fingerprint density at radius 1 is 1.00 bits per heavy atom. The van der Waals surface area contributed by atoms with Crippen LogP contribution in [0.4, 0.5) is 5.82 Å². The molecule has 8 N–H and O–H groups in total. The van der Waals surface area contributed by atoms with Crippen LogP contribution >= 0.6 is 0 Å². The molecule has 5 rings (SSSR count). The molecule has 9 atom stereocenters. The summed E-state index contributed by atoms with van der Waals surface area (Å²) in [6.07, 6.45) is 19.3. The number of nitrogen functional groups attached to an aromatic ring is 1. The van der Waals surface area contributed by atoms with Gasteiger partial charge in [0.05, 0.1) is 23.7 Å². The van der Waals surface area contributed by atoms with E-state index in [0.29, 0.717) is 50.4 Å². The van der Waals surface area contributed by atoms with Crippen LogP contribution in [0.5, 0.6) is 5.75 Å². The summed E-state index contributed by atoms with van der Waals surface area (Å²) in [5.74, 6) is -1.05. The predicted molar refractivity (Wildman–Crippen MR) is 221 cm³/mol. The number of carboxylic acids is 1. The van der Waals surface area contributed by atoms with E-state index >= 15 is 0 Å². The van der Waals surface area contributed by atoms with Gasteiger partial charge in [0.2, 0.25) is 0 Å². The van der Waals surface area contributed by atoms with E-state index < -0.39 is 29.5 Å². The van der Waals surface area contributed by atoms with E-state index in [4.69, 9.17) is 10.7 Å². The molecule has 0 saturated heterocycles. The molecule has 3 aromatic rings. The molecule has 0 bridgehead atoms. The lowest BCUT2D eigenvalue weighted by Gasteiger charge is -2.40. The quantitative estimate of drug-likeness (QED) is 0.0399. The van der Waals surface area contributed by atoms with Gasteiger partial charge in [0, 0.05) is 24.6 Å². The van der Waals surface area contributed by atoms with E-state index in [9.17, 15) is 30.3 Å². The number of phenols is 1. The van der Waals surface area contributed by atoms with Gasteiger partial charge in [0.25, 0.3) is 0 Å². The molecule has 1 saturated carbocycles. The normalized spacial score (nSPS) is 25.3. The number of benzene rings is 1. The SMILES string of the molecule is CCCCC[C@@H]1C=C[C@@H](CCCCC[C@H](C(=O)O)[C@H](O)C[C@@H](CNC)[C@]2(O)C[C@H](Cc3ccnc(N)c3)C[C@H]2Cc2cc(Cc3ccc(O)cc3)c[n-]2)[C@H](O)C1. The number of anilines is 1. The van der Waals surface area contributed by atoms with Gasteiger partial charge in [-0.1, -0.05) is 81.4 Å². The number of hydrogen-bond acceptors (Lipinski definition) is 8. The van der Waals surface area contributed by atoms with Crippen molar-refractivity contribution in [2.24, 2.45) is 35.5 Å². The van der Waals surface area contributed by atoms with Gasteiger partial charge in [0.15, 0.2) is 0 Å². The monoisotopic (exact) mass is 772 g/mol. The second-order valence-electron chi connectivity index (χ2n) is 17.1. The lowest BCUT2D eigenvalue weighted by Crippen LogP contribution is -2.48. The van der Waals surface area contributed by atoms with Crippen LogP contribution in [0.15, 0.2) is 67.0 Å². The Balaban J connectivity index is 1.22. The number of phenolic OH excluding ortho intramolecular Hbond substituents is 1. The molecule has 0 spiro atoms. The first kappa shape index (κ1) is 43.4. The van der Waals surface area contributed by atoms with Crippen molar-refractivity contribution in [3.05, 3.63) is 89.4 Å². The van der Waals surface area contributed by atoms with Crippen molar-refractivity contribution in [1.29, 1.82) is 0 Å². The molecule has 308 valence electrons. The molecule has 2 heterocycles. The highest BCUT2D eigenvalue weighted by atomic mass is 16.4. The summed E-state index contributed by atoms with van der Waals surface area (Å²) in [6, 6.07) is 13.1. The van der Waals surface area contributed by atoms with Crippen LogP contribution in [0.1, 0.15) is 113 Å². The summed E-state index contributed by atoms with van der Waals surface area (Å²) in [5, 5.41) is 58.4. The van der Waals surface area contributed by atoms with Gasteiger partial charge in [-0.2, -0.15) is 11.9 Å². The predicted octanol–water partition coefficient (Wildman–Crippen LogP) is 6.83. The number of nitrogens with one attached hydrogen (secondary N) is 1. The smallest absolute Gasteiger partial charge is 0.309 e. The summed E-state index contributed by atoms with van der Waals surface area (Å²) >= 11 is 0. The van der Waals surface area contributed by atoms with E-state index in [1.165, 1.54) is 19.3 Å². The topological polar surface area (TPSA) is 183 Å². The maximum Gasteiger partial charge on any atom is 0.309 e. The molecule has 56 heavy (non-hydrogen) atoms. The van der Waals surface area contributed by atoms with Crippen molar-refractivity contribution in [3.8, 4) is 5.75 Å². The van der Waals surface area contributed by atoms with Crippen molar-refractivity contribution < 1.29 is 30.3 Å². The number of pyridine rings is 1. The first-order valence-electron chi connectivity index (χ1n) is 21.2. The van der Waals surface area contributed by atoms with Crippen LogP contribution in [0.2, 0.25) is 0 Å². The molecule has 1 aromatic carbocycles. The van der Waals surface area contributed by atoms with Crippen LogP contribution in [0, 0.1) is 35.5 Å². The Bertz CT molecular complexity index is 1660.